The first kappa shape index (κ1) is 11.8. The van der Waals surface area contributed by atoms with Crippen LogP contribution in [-0.2, 0) is 18.5 Å². The second-order valence-electron chi connectivity index (χ2n) is 5.17. The van der Waals surface area contributed by atoms with Crippen molar-refractivity contribution in [3.8, 4) is 5.75 Å². The van der Waals surface area contributed by atoms with Crippen molar-refractivity contribution < 1.29 is 9.29 Å². The number of hydrogen-bond donors (Lipinski definition) is 1. The second-order valence-corrected chi connectivity index (χ2v) is 5.82. The Morgan fingerprint density at radius 1 is 1.12 bits per heavy atom. The van der Waals surface area contributed by atoms with Gasteiger partial charge in [-0.2, -0.15) is 4.55 Å². The normalized spacial score (nSPS) is 17.1. The van der Waals surface area contributed by atoms with E-state index in [-0.39, 0.29) is 5.60 Å². The maximum Gasteiger partial charge on any atom is 0.194 e. The molecule has 0 aromatic heterocycles. The van der Waals surface area contributed by atoms with Gasteiger partial charge in [0.2, 0.25) is 0 Å². The van der Waals surface area contributed by atoms with Crippen LogP contribution in [-0.4, -0.2) is 10.2 Å². The smallest absolute Gasteiger partial charge is 0.194 e. The molecule has 3 heteroatoms. The van der Waals surface area contributed by atoms with Crippen LogP contribution in [0.15, 0.2) is 4.90 Å². The molecular weight excluding hydrogens is 220 g/mol. The summed E-state index contributed by atoms with van der Waals surface area (Å²) in [5.41, 5.74) is 4.66. The first-order valence-electron chi connectivity index (χ1n) is 5.54. The molecule has 0 aliphatic carbocycles. The lowest BCUT2D eigenvalue weighted by Crippen LogP contribution is -2.24. The van der Waals surface area contributed by atoms with E-state index < -0.39 is 0 Å². The molecule has 1 aromatic carbocycles. The summed E-state index contributed by atoms with van der Waals surface area (Å²) in [6.07, 6.45) is 0.928. The number of rotatable bonds is 1. The third-order valence-electron chi connectivity index (χ3n) is 3.42. The van der Waals surface area contributed by atoms with Crippen LogP contribution in [0.5, 0.6) is 5.75 Å². The van der Waals surface area contributed by atoms with Crippen LogP contribution in [0.2, 0.25) is 0 Å². The Balaban J connectivity index is 2.68. The van der Waals surface area contributed by atoms with Gasteiger partial charge in [0.25, 0.3) is 0 Å². The van der Waals surface area contributed by atoms with E-state index in [1.807, 2.05) is 0 Å². The fourth-order valence-electron chi connectivity index (χ4n) is 2.41. The first-order chi connectivity index (χ1) is 7.37. The highest BCUT2D eigenvalue weighted by Crippen LogP contribution is 2.42. The predicted octanol–water partition coefficient (Wildman–Crippen LogP) is 2.97. The fraction of sp³-hybridized carbons (Fsp3) is 0.538. The van der Waals surface area contributed by atoms with E-state index in [2.05, 4.69) is 34.6 Å². The molecule has 1 heterocycles. The van der Waals surface area contributed by atoms with Crippen LogP contribution < -0.4 is 4.74 Å². The van der Waals surface area contributed by atoms with E-state index in [1.165, 1.54) is 16.7 Å². The molecule has 88 valence electrons. The number of thiol groups is 1. The lowest BCUT2D eigenvalue weighted by molar-refractivity contribution is 0.137. The summed E-state index contributed by atoms with van der Waals surface area (Å²) in [6, 6.07) is 0. The quantitative estimate of drug-likeness (QED) is 0.603. The van der Waals surface area contributed by atoms with Crippen molar-refractivity contribution in [2.24, 2.45) is 0 Å². The van der Waals surface area contributed by atoms with Crippen molar-refractivity contribution in [1.29, 1.82) is 0 Å². The van der Waals surface area contributed by atoms with E-state index in [9.17, 15) is 4.55 Å². The molecule has 1 aromatic rings. The number of benzene rings is 1. The second kappa shape index (κ2) is 3.67. The number of hydrogen-bond acceptors (Lipinski definition) is 2. The highest BCUT2D eigenvalue weighted by molar-refractivity contribution is 7.72. The average molecular weight is 239 g/mol. The molecule has 0 spiro atoms. The van der Waals surface area contributed by atoms with Gasteiger partial charge in [-0.25, -0.2) is 0 Å². The van der Waals surface area contributed by atoms with Gasteiger partial charge in [-0.1, -0.05) is 0 Å². The van der Waals surface area contributed by atoms with Crippen molar-refractivity contribution in [2.75, 3.05) is 0 Å². The van der Waals surface area contributed by atoms with E-state index in [0.717, 1.165) is 22.6 Å². The summed E-state index contributed by atoms with van der Waals surface area (Å²) in [5.74, 6) is 1.03. The van der Waals surface area contributed by atoms with E-state index in [4.69, 9.17) is 4.74 Å². The standard InChI is InChI=1S/C13H18O2S/c1-7-8(2)12(16-14)9(3)10-6-13(4,5)15-11(7)10/h14H,6H2,1-5H3/p+1. The van der Waals surface area contributed by atoms with Gasteiger partial charge in [0.1, 0.15) is 11.4 Å². The van der Waals surface area contributed by atoms with Crippen molar-refractivity contribution >= 4 is 12.0 Å². The first-order valence-corrected chi connectivity index (χ1v) is 6.39. The zero-order valence-corrected chi connectivity index (χ0v) is 11.4. The third-order valence-corrected chi connectivity index (χ3v) is 4.29. The lowest BCUT2D eigenvalue weighted by Gasteiger charge is -2.17. The largest absolute Gasteiger partial charge is 0.487 e. The minimum atomic E-state index is -0.116. The van der Waals surface area contributed by atoms with Crippen LogP contribution in [0.1, 0.15) is 36.1 Å². The van der Waals surface area contributed by atoms with Crippen LogP contribution in [0.4, 0.5) is 0 Å². The summed E-state index contributed by atoms with van der Waals surface area (Å²) in [4.78, 5) is 1.04. The Bertz CT molecular complexity index is 450. The number of fused-ring (bicyclic) bond motifs is 1. The summed E-state index contributed by atoms with van der Waals surface area (Å²) in [6.45, 7) is 10.4. The van der Waals surface area contributed by atoms with Crippen LogP contribution >= 0.6 is 0 Å². The van der Waals surface area contributed by atoms with Gasteiger partial charge in [0.05, 0.1) is 0 Å². The van der Waals surface area contributed by atoms with Gasteiger partial charge < -0.3 is 4.74 Å². The molecule has 1 N–H and O–H groups in total. The van der Waals surface area contributed by atoms with Gasteiger partial charge in [-0.05, 0) is 40.2 Å². The van der Waals surface area contributed by atoms with Gasteiger partial charge in [-0.3, -0.25) is 0 Å². The van der Waals surface area contributed by atoms with E-state index >= 15 is 0 Å². The number of ether oxygens (including phenoxy) is 1. The summed E-state index contributed by atoms with van der Waals surface area (Å²) >= 11 is 0.360. The van der Waals surface area contributed by atoms with Gasteiger partial charge >= 0.3 is 0 Å². The molecule has 0 amide bonds. The summed E-state index contributed by atoms with van der Waals surface area (Å²) in [5, 5.41) is 0. The molecule has 0 radical (unpaired) electrons. The highest BCUT2D eigenvalue weighted by Gasteiger charge is 2.35. The van der Waals surface area contributed by atoms with Crippen molar-refractivity contribution in [1.82, 2.24) is 0 Å². The van der Waals surface area contributed by atoms with Crippen molar-refractivity contribution in [3.63, 3.8) is 0 Å². The maximum atomic E-state index is 9.42. The van der Waals surface area contributed by atoms with E-state index in [1.54, 1.807) is 0 Å². The minimum absolute atomic E-state index is 0.116. The zero-order chi connectivity index (χ0) is 12.1. The minimum Gasteiger partial charge on any atom is -0.487 e. The van der Waals surface area contributed by atoms with Gasteiger partial charge in [0, 0.05) is 23.1 Å². The SMILES string of the molecule is Cc1c(C)c([SH+]O)c(C)c2c1OC(C)(C)C2. The lowest BCUT2D eigenvalue weighted by atomic mass is 9.94. The Labute approximate surface area is 101 Å². The molecule has 16 heavy (non-hydrogen) atoms. The monoisotopic (exact) mass is 239 g/mol. The van der Waals surface area contributed by atoms with E-state index in [0.29, 0.717) is 12.0 Å². The Kier molecular flexibility index (Phi) is 2.71. The predicted molar refractivity (Wildman–Crippen MR) is 68.7 cm³/mol. The Hall–Kier alpha value is -0.670. The highest BCUT2D eigenvalue weighted by atomic mass is 32.2. The van der Waals surface area contributed by atoms with Crippen LogP contribution in [0.25, 0.3) is 0 Å². The average Bonchev–Trinajstić information content (AvgIpc) is 2.52. The molecule has 1 aliphatic rings. The molecule has 0 atom stereocenters. The molecule has 0 saturated heterocycles. The zero-order valence-electron chi connectivity index (χ0n) is 10.5. The molecule has 0 unspecified atom stereocenters. The molecule has 0 saturated carbocycles. The molecule has 0 bridgehead atoms. The summed E-state index contributed by atoms with van der Waals surface area (Å²) in [7, 11) is 0. The summed E-state index contributed by atoms with van der Waals surface area (Å²) < 4.78 is 15.4. The molecular formula is C13H19O2S+. The Morgan fingerprint density at radius 3 is 2.31 bits per heavy atom. The van der Waals surface area contributed by atoms with Crippen LogP contribution in [0.3, 0.4) is 0 Å². The molecule has 1 aliphatic heterocycles. The van der Waals surface area contributed by atoms with Crippen molar-refractivity contribution in [3.05, 3.63) is 22.3 Å². The maximum absolute atomic E-state index is 9.42. The third kappa shape index (κ3) is 1.62. The molecule has 2 rings (SSSR count). The topological polar surface area (TPSA) is 29.5 Å². The molecule has 0 fully saturated rings. The van der Waals surface area contributed by atoms with Gasteiger partial charge in [-0.15, -0.1) is 0 Å². The fourth-order valence-corrected chi connectivity index (χ4v) is 3.01. The van der Waals surface area contributed by atoms with Gasteiger partial charge in [0.15, 0.2) is 16.9 Å². The van der Waals surface area contributed by atoms with Crippen molar-refractivity contribution in [2.45, 2.75) is 51.5 Å². The van der Waals surface area contributed by atoms with Crippen LogP contribution in [0, 0.1) is 20.8 Å². The molecule has 2 nitrogen and oxygen atoms in total. The Morgan fingerprint density at radius 2 is 1.75 bits per heavy atom.